The summed E-state index contributed by atoms with van der Waals surface area (Å²) in [4.78, 5) is 3.98. The second kappa shape index (κ2) is 8.87. The summed E-state index contributed by atoms with van der Waals surface area (Å²) in [5.41, 5.74) is 2.42. The van der Waals surface area contributed by atoms with Crippen molar-refractivity contribution in [3.05, 3.63) is 78.1 Å². The Kier molecular flexibility index (Phi) is 7.05. The molecule has 3 aromatic rings. The van der Waals surface area contributed by atoms with E-state index in [9.17, 15) is 0 Å². The van der Waals surface area contributed by atoms with Gasteiger partial charge in [-0.3, -0.25) is 4.98 Å². The van der Waals surface area contributed by atoms with Crippen LogP contribution in [0.15, 0.2) is 66.9 Å². The molecule has 20 heavy (non-hydrogen) atoms. The number of fused-ring (bicyclic) bond motifs is 1. The second-order valence-corrected chi connectivity index (χ2v) is 4.27. The van der Waals surface area contributed by atoms with Crippen LogP contribution in [0.25, 0.3) is 10.8 Å². The van der Waals surface area contributed by atoms with Gasteiger partial charge in [-0.1, -0.05) is 62.4 Å². The van der Waals surface area contributed by atoms with Crippen LogP contribution < -0.4 is 0 Å². The SMILES string of the molecule is CC.Cc1cccc2ccccc12.Cc1ccccn1. The van der Waals surface area contributed by atoms with Crippen molar-refractivity contribution in [2.24, 2.45) is 0 Å². The topological polar surface area (TPSA) is 12.9 Å². The van der Waals surface area contributed by atoms with Gasteiger partial charge in [0.2, 0.25) is 0 Å². The van der Waals surface area contributed by atoms with Gasteiger partial charge in [0.15, 0.2) is 0 Å². The van der Waals surface area contributed by atoms with Crippen molar-refractivity contribution in [1.29, 1.82) is 0 Å². The average Bonchev–Trinajstić information content (AvgIpc) is 2.51. The molecule has 0 aliphatic heterocycles. The summed E-state index contributed by atoms with van der Waals surface area (Å²) >= 11 is 0. The first-order chi connectivity index (χ1) is 9.77. The monoisotopic (exact) mass is 265 g/mol. The first-order valence-corrected chi connectivity index (χ1v) is 7.09. The molecule has 0 aliphatic carbocycles. The maximum atomic E-state index is 3.98. The van der Waals surface area contributed by atoms with Crippen molar-refractivity contribution in [2.75, 3.05) is 0 Å². The molecule has 0 unspecified atom stereocenters. The molecule has 1 nitrogen and oxygen atoms in total. The molecule has 2 aromatic carbocycles. The summed E-state index contributed by atoms with van der Waals surface area (Å²) in [5.74, 6) is 0. The van der Waals surface area contributed by atoms with Crippen molar-refractivity contribution < 1.29 is 0 Å². The molecule has 1 heteroatoms. The smallest absolute Gasteiger partial charge is 0.0372 e. The zero-order chi connectivity index (χ0) is 14.8. The highest BCUT2D eigenvalue weighted by atomic mass is 14.6. The number of rotatable bonds is 0. The molecule has 1 aromatic heterocycles. The fourth-order valence-electron chi connectivity index (χ4n) is 1.84. The summed E-state index contributed by atoms with van der Waals surface area (Å²) in [6, 6.07) is 20.7. The van der Waals surface area contributed by atoms with E-state index in [1.807, 2.05) is 39.0 Å². The van der Waals surface area contributed by atoms with Crippen LogP contribution >= 0.6 is 0 Å². The Balaban J connectivity index is 0.000000193. The fraction of sp³-hybridized carbons (Fsp3) is 0.211. The summed E-state index contributed by atoms with van der Waals surface area (Å²) < 4.78 is 0. The van der Waals surface area contributed by atoms with E-state index >= 15 is 0 Å². The Hall–Kier alpha value is -2.15. The summed E-state index contributed by atoms with van der Waals surface area (Å²) in [6.45, 7) is 8.11. The molecule has 0 atom stereocenters. The van der Waals surface area contributed by atoms with Gasteiger partial charge in [-0.25, -0.2) is 0 Å². The largest absolute Gasteiger partial charge is 0.262 e. The summed E-state index contributed by atoms with van der Waals surface area (Å²) in [7, 11) is 0. The van der Waals surface area contributed by atoms with E-state index in [0.29, 0.717) is 0 Å². The van der Waals surface area contributed by atoms with Gasteiger partial charge in [0.05, 0.1) is 0 Å². The van der Waals surface area contributed by atoms with Gasteiger partial charge in [0.25, 0.3) is 0 Å². The Labute approximate surface area is 122 Å². The van der Waals surface area contributed by atoms with E-state index in [-0.39, 0.29) is 0 Å². The number of benzene rings is 2. The fourth-order valence-corrected chi connectivity index (χ4v) is 1.84. The molecule has 0 amide bonds. The zero-order valence-electron chi connectivity index (χ0n) is 12.8. The Bertz CT molecular complexity index is 610. The van der Waals surface area contributed by atoms with Gasteiger partial charge >= 0.3 is 0 Å². The maximum Gasteiger partial charge on any atom is 0.0372 e. The van der Waals surface area contributed by atoms with Crippen LogP contribution in [0.2, 0.25) is 0 Å². The Morgan fingerprint density at radius 2 is 1.35 bits per heavy atom. The van der Waals surface area contributed by atoms with E-state index < -0.39 is 0 Å². The third-order valence-corrected chi connectivity index (χ3v) is 2.82. The molecule has 104 valence electrons. The quantitative estimate of drug-likeness (QED) is 0.518. The number of nitrogens with zero attached hydrogens (tertiary/aromatic N) is 1. The minimum absolute atomic E-state index is 1.07. The van der Waals surface area contributed by atoms with E-state index in [0.717, 1.165) is 5.69 Å². The standard InChI is InChI=1S/C11H10.C6H7N.C2H6/c1-9-5-4-7-10-6-2-3-8-11(9)10;1-6-4-2-3-5-7-6;1-2/h2-8H,1H3;2-5H,1H3;1-2H3. The zero-order valence-corrected chi connectivity index (χ0v) is 12.8. The highest BCUT2D eigenvalue weighted by Gasteiger charge is 1.92. The third-order valence-electron chi connectivity index (χ3n) is 2.82. The minimum Gasteiger partial charge on any atom is -0.262 e. The van der Waals surface area contributed by atoms with Crippen molar-refractivity contribution in [1.82, 2.24) is 4.98 Å². The Morgan fingerprint density at radius 1 is 0.700 bits per heavy atom. The van der Waals surface area contributed by atoms with Gasteiger partial charge < -0.3 is 0 Å². The van der Waals surface area contributed by atoms with Crippen LogP contribution in [0.4, 0.5) is 0 Å². The van der Waals surface area contributed by atoms with Crippen LogP contribution in [-0.2, 0) is 0 Å². The van der Waals surface area contributed by atoms with Crippen molar-refractivity contribution >= 4 is 10.8 Å². The van der Waals surface area contributed by atoms with Gasteiger partial charge in [0.1, 0.15) is 0 Å². The molecule has 0 spiro atoms. The third kappa shape index (κ3) is 4.85. The average molecular weight is 265 g/mol. The molecule has 3 rings (SSSR count). The first-order valence-electron chi connectivity index (χ1n) is 7.09. The maximum absolute atomic E-state index is 3.98. The molecule has 0 saturated carbocycles. The van der Waals surface area contributed by atoms with Gasteiger partial charge in [-0.05, 0) is 42.3 Å². The lowest BCUT2D eigenvalue weighted by molar-refractivity contribution is 1.20. The molecule has 1 heterocycles. The van der Waals surface area contributed by atoms with Crippen LogP contribution in [-0.4, -0.2) is 4.98 Å². The molecule has 0 fully saturated rings. The van der Waals surface area contributed by atoms with E-state index in [1.165, 1.54) is 16.3 Å². The van der Waals surface area contributed by atoms with Crippen LogP contribution in [0.1, 0.15) is 25.1 Å². The highest BCUT2D eigenvalue weighted by Crippen LogP contribution is 2.16. The molecule has 0 aliphatic rings. The number of hydrogen-bond acceptors (Lipinski definition) is 1. The summed E-state index contributed by atoms with van der Waals surface area (Å²) in [6.07, 6.45) is 1.79. The predicted molar refractivity (Wildman–Crippen MR) is 89.0 cm³/mol. The van der Waals surface area contributed by atoms with Gasteiger partial charge in [-0.15, -0.1) is 0 Å². The summed E-state index contributed by atoms with van der Waals surface area (Å²) in [5, 5.41) is 2.68. The van der Waals surface area contributed by atoms with Crippen LogP contribution in [0.5, 0.6) is 0 Å². The number of aromatic nitrogens is 1. The highest BCUT2D eigenvalue weighted by molar-refractivity contribution is 5.85. The van der Waals surface area contributed by atoms with Crippen LogP contribution in [0.3, 0.4) is 0 Å². The molecular weight excluding hydrogens is 242 g/mol. The number of hydrogen-bond donors (Lipinski definition) is 0. The lowest BCUT2D eigenvalue weighted by Gasteiger charge is -1.98. The van der Waals surface area contributed by atoms with E-state index in [4.69, 9.17) is 0 Å². The lowest BCUT2D eigenvalue weighted by atomic mass is 10.1. The van der Waals surface area contributed by atoms with E-state index in [1.54, 1.807) is 6.20 Å². The molecule has 0 saturated heterocycles. The molecular formula is C19H23N. The predicted octanol–water partition coefficient (Wildman–Crippen LogP) is 5.56. The van der Waals surface area contributed by atoms with Crippen molar-refractivity contribution in [3.8, 4) is 0 Å². The van der Waals surface area contributed by atoms with Crippen molar-refractivity contribution in [3.63, 3.8) is 0 Å². The first kappa shape index (κ1) is 15.9. The molecule has 0 N–H and O–H groups in total. The van der Waals surface area contributed by atoms with Crippen molar-refractivity contribution in [2.45, 2.75) is 27.7 Å². The van der Waals surface area contributed by atoms with E-state index in [2.05, 4.69) is 54.4 Å². The van der Waals surface area contributed by atoms with Gasteiger partial charge in [0, 0.05) is 11.9 Å². The van der Waals surface area contributed by atoms with Gasteiger partial charge in [-0.2, -0.15) is 0 Å². The second-order valence-electron chi connectivity index (χ2n) is 4.27. The number of pyridine rings is 1. The number of aryl methyl sites for hydroxylation is 2. The lowest BCUT2D eigenvalue weighted by Crippen LogP contribution is -1.75. The minimum atomic E-state index is 1.07. The normalized spacial score (nSPS) is 9.00. The molecule has 0 bridgehead atoms. The Morgan fingerprint density at radius 3 is 1.90 bits per heavy atom. The molecule has 0 radical (unpaired) electrons. The van der Waals surface area contributed by atoms with Crippen LogP contribution in [0, 0.1) is 13.8 Å².